The van der Waals surface area contributed by atoms with E-state index in [9.17, 15) is 4.79 Å². The Hall–Kier alpha value is -4.10. The molecule has 7 nitrogen and oxygen atoms in total. The van der Waals surface area contributed by atoms with E-state index in [0.717, 1.165) is 68.2 Å². The third kappa shape index (κ3) is 5.70. The summed E-state index contributed by atoms with van der Waals surface area (Å²) in [4.78, 5) is 33.2. The van der Waals surface area contributed by atoms with Gasteiger partial charge in [0.1, 0.15) is 5.52 Å². The number of H-pyrrole nitrogens is 1. The molecule has 1 atom stereocenters. The third-order valence-corrected chi connectivity index (χ3v) is 10.4. The Balaban J connectivity index is 1.14. The molecule has 1 amide bonds. The monoisotopic (exact) mass is 614 g/mol. The van der Waals surface area contributed by atoms with Gasteiger partial charge in [0.15, 0.2) is 5.65 Å². The topological polar surface area (TPSA) is 86.8 Å². The van der Waals surface area contributed by atoms with Gasteiger partial charge >= 0.3 is 0 Å². The van der Waals surface area contributed by atoms with Gasteiger partial charge in [0.2, 0.25) is 5.91 Å². The van der Waals surface area contributed by atoms with E-state index in [4.69, 9.17) is 0 Å². The molecule has 5 heterocycles. The van der Waals surface area contributed by atoms with Gasteiger partial charge in [0.25, 0.3) is 0 Å². The molecule has 2 fully saturated rings. The molecule has 0 aliphatic carbocycles. The minimum atomic E-state index is -0.585. The number of fused-ring (bicyclic) bond motifs is 4. The number of carbonyl (C=O) groups is 1. The highest BCUT2D eigenvalue weighted by Gasteiger charge is 2.47. The molecule has 1 unspecified atom stereocenters. The lowest BCUT2D eigenvalue weighted by Crippen LogP contribution is -2.45. The summed E-state index contributed by atoms with van der Waals surface area (Å²) < 4.78 is 0. The van der Waals surface area contributed by atoms with Crippen LogP contribution in [-0.4, -0.2) is 55.9 Å². The maximum Gasteiger partial charge on any atom is 0.233 e. The summed E-state index contributed by atoms with van der Waals surface area (Å²) in [6.07, 6.45) is 11.9. The van der Waals surface area contributed by atoms with E-state index < -0.39 is 5.41 Å². The zero-order valence-electron chi connectivity index (χ0n) is 27.9. The molecule has 0 spiro atoms. The molecule has 2 aromatic carbocycles. The molecule has 2 saturated heterocycles. The molecule has 2 aliphatic heterocycles. The number of aryl methyl sites for hydroxylation is 3. The van der Waals surface area contributed by atoms with Crippen molar-refractivity contribution in [3.05, 3.63) is 88.9 Å². The minimum absolute atomic E-state index is 0.255. The molecule has 5 aromatic rings. The molecule has 3 aromatic heterocycles. The molecular weight excluding hydrogens is 568 g/mol. The second kappa shape index (κ2) is 12.3. The van der Waals surface area contributed by atoms with Crippen molar-refractivity contribution in [1.82, 2.24) is 30.2 Å². The standard InChI is InChI=1S/C39H46N6O/c1-24-17-25(2)19-28(18-24)36-35(26(3)22-40-14-6-7-27-20-34-37(43-23-27)42-16-15-41-34)32-21-29(8-13-33(32)44-36)39(4,5)38(46)45-30-9-10-31(45)12-11-30/h8,13,15-21,23,26,30-31,40,44H,6-7,9-12,14,22H2,1-5H3. The number of aromatic amines is 1. The van der Waals surface area contributed by atoms with Crippen LogP contribution in [0.25, 0.3) is 33.3 Å². The number of carbonyl (C=O) groups excluding carboxylic acids is 1. The summed E-state index contributed by atoms with van der Waals surface area (Å²) in [7, 11) is 0. The summed E-state index contributed by atoms with van der Waals surface area (Å²) in [5, 5.41) is 4.96. The zero-order valence-corrected chi connectivity index (χ0v) is 27.9. The fourth-order valence-electron chi connectivity index (χ4n) is 8.03. The predicted octanol–water partition coefficient (Wildman–Crippen LogP) is 7.55. The van der Waals surface area contributed by atoms with Crippen LogP contribution in [0.4, 0.5) is 0 Å². The minimum Gasteiger partial charge on any atom is -0.354 e. The van der Waals surface area contributed by atoms with Gasteiger partial charge in [0, 0.05) is 48.1 Å². The molecule has 7 heteroatoms. The Morgan fingerprint density at radius 2 is 1.70 bits per heavy atom. The second-order valence-electron chi connectivity index (χ2n) is 14.3. The first-order valence-corrected chi connectivity index (χ1v) is 17.0. The van der Waals surface area contributed by atoms with Gasteiger partial charge < -0.3 is 15.2 Å². The zero-order chi connectivity index (χ0) is 32.0. The number of nitrogens with one attached hydrogen (secondary N) is 2. The number of amides is 1. The summed E-state index contributed by atoms with van der Waals surface area (Å²) in [5.74, 6) is 0.539. The molecule has 2 aliphatic rings. The average molecular weight is 615 g/mol. The highest BCUT2D eigenvalue weighted by Crippen LogP contribution is 2.42. The van der Waals surface area contributed by atoms with Crippen molar-refractivity contribution >= 4 is 28.0 Å². The smallest absolute Gasteiger partial charge is 0.233 e. The number of hydrogen-bond donors (Lipinski definition) is 2. The largest absolute Gasteiger partial charge is 0.354 e. The normalized spacial score (nSPS) is 18.6. The predicted molar refractivity (Wildman–Crippen MR) is 186 cm³/mol. The van der Waals surface area contributed by atoms with Gasteiger partial charge in [-0.1, -0.05) is 30.2 Å². The first kappa shape index (κ1) is 30.5. The molecule has 46 heavy (non-hydrogen) atoms. The van der Waals surface area contributed by atoms with Crippen LogP contribution in [0.3, 0.4) is 0 Å². The lowest BCUT2D eigenvalue weighted by Gasteiger charge is -2.33. The molecule has 2 bridgehead atoms. The SMILES string of the molecule is Cc1cc(C)cc(-c2[nH]c3ccc(C(C)(C)C(=O)N4C5CCC4CC5)cc3c2C(C)CNCCCc2cnc3nccnc3c2)c1. The fourth-order valence-corrected chi connectivity index (χ4v) is 8.03. The van der Waals surface area contributed by atoms with Crippen molar-refractivity contribution in [3.8, 4) is 11.3 Å². The maximum absolute atomic E-state index is 14.1. The van der Waals surface area contributed by atoms with Gasteiger partial charge in [-0.05, 0) is 131 Å². The summed E-state index contributed by atoms with van der Waals surface area (Å²) in [6, 6.07) is 16.4. The molecule has 2 N–H and O–H groups in total. The van der Waals surface area contributed by atoms with Gasteiger partial charge in [-0.15, -0.1) is 0 Å². The fraction of sp³-hybridized carbons (Fsp3) is 0.436. The van der Waals surface area contributed by atoms with Gasteiger partial charge in [-0.25, -0.2) is 9.97 Å². The quantitative estimate of drug-likeness (QED) is 0.159. The van der Waals surface area contributed by atoms with Crippen LogP contribution in [-0.2, 0) is 16.6 Å². The number of nitrogens with zero attached hydrogens (tertiary/aromatic N) is 4. The van der Waals surface area contributed by atoms with E-state index >= 15 is 0 Å². The van der Waals surface area contributed by atoms with Crippen LogP contribution in [0.15, 0.2) is 61.1 Å². The Labute approximate surface area is 272 Å². The number of aromatic nitrogens is 4. The van der Waals surface area contributed by atoms with Crippen LogP contribution in [0, 0.1) is 13.8 Å². The van der Waals surface area contributed by atoms with Crippen LogP contribution < -0.4 is 5.32 Å². The number of rotatable bonds is 10. The first-order valence-electron chi connectivity index (χ1n) is 17.0. The van der Waals surface area contributed by atoms with Crippen molar-refractivity contribution in [2.75, 3.05) is 13.1 Å². The van der Waals surface area contributed by atoms with Gasteiger partial charge in [-0.2, -0.15) is 0 Å². The van der Waals surface area contributed by atoms with Crippen molar-refractivity contribution in [2.45, 2.75) is 96.6 Å². The van der Waals surface area contributed by atoms with E-state index in [1.165, 1.54) is 38.9 Å². The van der Waals surface area contributed by atoms with E-state index in [1.807, 2.05) is 6.20 Å². The Kier molecular flexibility index (Phi) is 8.14. The summed E-state index contributed by atoms with van der Waals surface area (Å²) in [5.41, 5.74) is 10.6. The molecule has 0 radical (unpaired) electrons. The molecule has 238 valence electrons. The highest BCUT2D eigenvalue weighted by molar-refractivity contribution is 5.95. The van der Waals surface area contributed by atoms with E-state index in [-0.39, 0.29) is 11.8 Å². The van der Waals surface area contributed by atoms with E-state index in [2.05, 4.69) is 107 Å². The Bertz CT molecular complexity index is 1870. The van der Waals surface area contributed by atoms with Crippen molar-refractivity contribution in [3.63, 3.8) is 0 Å². The lowest BCUT2D eigenvalue weighted by atomic mass is 9.81. The van der Waals surface area contributed by atoms with Crippen LogP contribution in [0.1, 0.15) is 86.6 Å². The van der Waals surface area contributed by atoms with E-state index in [1.54, 1.807) is 12.4 Å². The van der Waals surface area contributed by atoms with Crippen molar-refractivity contribution in [2.24, 2.45) is 0 Å². The average Bonchev–Trinajstić information content (AvgIpc) is 3.76. The van der Waals surface area contributed by atoms with Gasteiger partial charge in [-0.3, -0.25) is 9.78 Å². The van der Waals surface area contributed by atoms with Crippen LogP contribution >= 0.6 is 0 Å². The molecule has 7 rings (SSSR count). The highest BCUT2D eigenvalue weighted by atomic mass is 16.2. The molecular formula is C39H46N6O. The van der Waals surface area contributed by atoms with Crippen molar-refractivity contribution in [1.29, 1.82) is 0 Å². The van der Waals surface area contributed by atoms with E-state index in [0.29, 0.717) is 17.7 Å². The number of hydrogen-bond acceptors (Lipinski definition) is 5. The van der Waals surface area contributed by atoms with Crippen LogP contribution in [0.5, 0.6) is 0 Å². The summed E-state index contributed by atoms with van der Waals surface area (Å²) in [6.45, 7) is 12.7. The summed E-state index contributed by atoms with van der Waals surface area (Å²) >= 11 is 0. The van der Waals surface area contributed by atoms with Crippen molar-refractivity contribution < 1.29 is 4.79 Å². The Morgan fingerprint density at radius 1 is 0.978 bits per heavy atom. The second-order valence-corrected chi connectivity index (χ2v) is 14.3. The van der Waals surface area contributed by atoms with Gasteiger partial charge in [0.05, 0.1) is 11.1 Å². The lowest BCUT2D eigenvalue weighted by molar-refractivity contribution is -0.137. The number of benzene rings is 2. The molecule has 0 saturated carbocycles. The number of pyridine rings is 1. The Morgan fingerprint density at radius 3 is 2.43 bits per heavy atom. The third-order valence-electron chi connectivity index (χ3n) is 10.4. The first-order chi connectivity index (χ1) is 22.2. The van der Waals surface area contributed by atoms with Crippen LogP contribution in [0.2, 0.25) is 0 Å². The maximum atomic E-state index is 14.1.